The zero-order valence-electron chi connectivity index (χ0n) is 67.3. The number of rotatable bonds is 13. The molecule has 578 valence electrons. The van der Waals surface area contributed by atoms with Crippen LogP contribution in [0.5, 0.6) is 23.0 Å². The molecule has 0 bridgehead atoms. The molecule has 0 saturated heterocycles. The topological polar surface area (TPSA) is 70.0 Å². The van der Waals surface area contributed by atoms with Crippen molar-refractivity contribution in [1.82, 2.24) is 19.9 Å². The SMILES string of the molecule is c1ccc(-c2cc(-c3cccc(-c4ccc5c(c4)Oc4ccc(-c6cccc(-c7cc(-c8nc(-c9ccccc9)cc(-c9ccccc9)n8)ccc7-c7ccccc7)c6)cc4C54c5ccccc5-c5ccccc54)c3)nc(-c3cccc(-c4cc(-c5ccc6c(c5)C5(c7ccccc7O6)c6ccccc6-c6ccccc65)ccc4-c4ccccc4)c3)n2)cc1. The van der Waals surface area contributed by atoms with Crippen molar-refractivity contribution in [1.29, 1.82) is 0 Å². The van der Waals surface area contributed by atoms with Gasteiger partial charge >= 0.3 is 0 Å². The largest absolute Gasteiger partial charge is 0.457 e. The van der Waals surface area contributed by atoms with Gasteiger partial charge < -0.3 is 9.47 Å². The predicted octanol–water partition coefficient (Wildman–Crippen LogP) is 29.9. The van der Waals surface area contributed by atoms with Gasteiger partial charge in [-0.05, 0) is 201 Å². The highest BCUT2D eigenvalue weighted by atomic mass is 16.5. The highest BCUT2D eigenvalue weighted by Gasteiger charge is 2.53. The lowest BCUT2D eigenvalue weighted by Gasteiger charge is -2.40. The molecule has 20 aromatic rings. The average molecular weight is 1580 g/mol. The fraction of sp³-hybridized carbons (Fsp3) is 0.0169. The van der Waals surface area contributed by atoms with E-state index in [1.807, 2.05) is 12.1 Å². The first kappa shape index (κ1) is 71.8. The smallest absolute Gasteiger partial charge is 0.160 e. The molecule has 4 heterocycles. The second-order valence-corrected chi connectivity index (χ2v) is 32.5. The summed E-state index contributed by atoms with van der Waals surface area (Å²) in [5, 5.41) is 0. The van der Waals surface area contributed by atoms with Gasteiger partial charge in [-0.2, -0.15) is 0 Å². The molecule has 0 N–H and O–H groups in total. The fourth-order valence-corrected chi connectivity index (χ4v) is 20.0. The molecule has 2 spiro atoms. The van der Waals surface area contributed by atoms with E-state index in [1.54, 1.807) is 0 Å². The van der Waals surface area contributed by atoms with Crippen LogP contribution in [0.3, 0.4) is 0 Å². The Balaban J connectivity index is 0.594. The average Bonchev–Trinajstić information content (AvgIpc) is 1.51. The van der Waals surface area contributed by atoms with E-state index in [4.69, 9.17) is 29.4 Å². The minimum atomic E-state index is -0.744. The summed E-state index contributed by atoms with van der Waals surface area (Å²) < 4.78 is 14.3. The Labute approximate surface area is 719 Å². The summed E-state index contributed by atoms with van der Waals surface area (Å²) in [6.07, 6.45) is 0. The first-order valence-electron chi connectivity index (χ1n) is 42.4. The van der Waals surface area contributed by atoms with E-state index in [0.717, 1.165) is 179 Å². The van der Waals surface area contributed by atoms with Crippen LogP contribution in [-0.2, 0) is 10.8 Å². The molecule has 18 aromatic carbocycles. The van der Waals surface area contributed by atoms with Crippen molar-refractivity contribution in [2.24, 2.45) is 0 Å². The number of para-hydroxylation sites is 1. The van der Waals surface area contributed by atoms with Gasteiger partial charge in [0, 0.05) is 55.6 Å². The molecule has 24 rings (SSSR count). The Morgan fingerprint density at radius 1 is 0.137 bits per heavy atom. The third kappa shape index (κ3) is 11.8. The van der Waals surface area contributed by atoms with Gasteiger partial charge in [-0.15, -0.1) is 0 Å². The molecular weight excluding hydrogens is 1510 g/mol. The van der Waals surface area contributed by atoms with Gasteiger partial charge in [-0.3, -0.25) is 0 Å². The summed E-state index contributed by atoms with van der Waals surface area (Å²) in [7, 11) is 0. The zero-order valence-corrected chi connectivity index (χ0v) is 67.3. The van der Waals surface area contributed by atoms with Crippen molar-refractivity contribution in [3.63, 3.8) is 0 Å². The molecular formula is C118H74N4O2. The van der Waals surface area contributed by atoms with E-state index in [-0.39, 0.29) is 0 Å². The summed E-state index contributed by atoms with van der Waals surface area (Å²) in [4.78, 5) is 21.6. The van der Waals surface area contributed by atoms with Gasteiger partial charge in [0.15, 0.2) is 11.6 Å². The lowest BCUT2D eigenvalue weighted by molar-refractivity contribution is 0.436. The summed E-state index contributed by atoms with van der Waals surface area (Å²) in [6.45, 7) is 0. The maximum Gasteiger partial charge on any atom is 0.160 e. The van der Waals surface area contributed by atoms with Gasteiger partial charge in [0.05, 0.1) is 33.6 Å². The number of hydrogen-bond donors (Lipinski definition) is 0. The monoisotopic (exact) mass is 1580 g/mol. The van der Waals surface area contributed by atoms with Crippen LogP contribution >= 0.6 is 0 Å². The standard InChI is InChI=1S/C118H74N4O2/c1-6-29-75(30-7-1)91-60-55-82(84-59-63-112-105(71-84)117(103-53-24-25-54-111(103)123-112)99-49-20-16-45-93(99)94-46-17-21-50-100(94)117)68-97(91)87-42-28-44-89(67-87)115-119-109(79-37-14-5-15-38-79)74-110(122-115)88-43-27-40-81(66-88)85-57-62-104-114(72-85)124-113-64-58-83(70-106(113)118(104)101-51-22-18-47-95(101)96-48-19-23-52-102(96)118)80-39-26-41-86(65-80)98-69-90(56-61-92(98)76-31-8-2-9-32-76)116-120-107(77-33-10-3-11-34-77)73-108(121-116)78-35-12-4-13-36-78/h1-74H. The summed E-state index contributed by atoms with van der Waals surface area (Å²) in [6, 6.07) is 162. The fourth-order valence-electron chi connectivity index (χ4n) is 20.0. The molecule has 0 unspecified atom stereocenters. The van der Waals surface area contributed by atoms with Crippen LogP contribution in [0.25, 0.3) is 168 Å². The third-order valence-corrected chi connectivity index (χ3v) is 25.7. The second-order valence-electron chi connectivity index (χ2n) is 32.5. The van der Waals surface area contributed by atoms with Gasteiger partial charge in [0.2, 0.25) is 0 Å². The quantitative estimate of drug-likeness (QED) is 0.115. The Bertz CT molecular complexity index is 7530. The van der Waals surface area contributed by atoms with Crippen molar-refractivity contribution >= 4 is 0 Å². The number of hydrogen-bond acceptors (Lipinski definition) is 6. The van der Waals surface area contributed by atoms with E-state index in [1.165, 1.54) is 44.5 Å². The van der Waals surface area contributed by atoms with Crippen LogP contribution in [0.15, 0.2) is 449 Å². The first-order chi connectivity index (χ1) is 61.4. The van der Waals surface area contributed by atoms with Crippen molar-refractivity contribution < 1.29 is 9.47 Å². The van der Waals surface area contributed by atoms with Crippen LogP contribution in [0.4, 0.5) is 0 Å². The molecule has 2 aliphatic carbocycles. The molecule has 0 saturated carbocycles. The number of benzene rings is 18. The van der Waals surface area contributed by atoms with E-state index in [9.17, 15) is 0 Å². The van der Waals surface area contributed by atoms with Crippen molar-refractivity contribution in [2.45, 2.75) is 10.8 Å². The summed E-state index contributed by atoms with van der Waals surface area (Å²) in [5.74, 6) is 4.61. The van der Waals surface area contributed by atoms with Crippen LogP contribution < -0.4 is 9.47 Å². The number of fused-ring (bicyclic) bond motifs is 18. The van der Waals surface area contributed by atoms with Crippen molar-refractivity contribution in [2.75, 3.05) is 0 Å². The maximum atomic E-state index is 7.41. The van der Waals surface area contributed by atoms with Crippen LogP contribution in [-0.4, -0.2) is 19.9 Å². The minimum absolute atomic E-state index is 0.601. The van der Waals surface area contributed by atoms with Gasteiger partial charge in [-0.25, -0.2) is 19.9 Å². The molecule has 0 amide bonds. The predicted molar refractivity (Wildman–Crippen MR) is 503 cm³/mol. The molecule has 0 fully saturated rings. The van der Waals surface area contributed by atoms with Crippen LogP contribution in [0.1, 0.15) is 44.5 Å². The summed E-state index contributed by atoms with van der Waals surface area (Å²) in [5.41, 5.74) is 37.3. The first-order valence-corrected chi connectivity index (χ1v) is 42.4. The molecule has 6 nitrogen and oxygen atoms in total. The zero-order chi connectivity index (χ0) is 81.8. The van der Waals surface area contributed by atoms with E-state index in [2.05, 4.69) is 437 Å². The van der Waals surface area contributed by atoms with Gasteiger partial charge in [0.1, 0.15) is 23.0 Å². The van der Waals surface area contributed by atoms with E-state index < -0.39 is 10.8 Å². The highest BCUT2D eigenvalue weighted by molar-refractivity contribution is 5.96. The molecule has 4 aliphatic rings. The lowest BCUT2D eigenvalue weighted by Crippen LogP contribution is -2.32. The third-order valence-electron chi connectivity index (χ3n) is 25.7. The van der Waals surface area contributed by atoms with Crippen molar-refractivity contribution in [3.05, 3.63) is 493 Å². The number of nitrogens with zero attached hydrogens (tertiary/aromatic N) is 4. The van der Waals surface area contributed by atoms with Gasteiger partial charge in [0.25, 0.3) is 0 Å². The van der Waals surface area contributed by atoms with Crippen LogP contribution in [0.2, 0.25) is 0 Å². The molecule has 2 aliphatic heterocycles. The normalized spacial score (nSPS) is 12.9. The Kier molecular flexibility index (Phi) is 17.0. The van der Waals surface area contributed by atoms with E-state index in [0.29, 0.717) is 11.6 Å². The number of ether oxygens (including phenoxy) is 2. The van der Waals surface area contributed by atoms with Crippen molar-refractivity contribution in [3.8, 4) is 191 Å². The Morgan fingerprint density at radius 2 is 0.419 bits per heavy atom. The minimum Gasteiger partial charge on any atom is -0.457 e. The Morgan fingerprint density at radius 3 is 0.887 bits per heavy atom. The molecule has 0 atom stereocenters. The second kappa shape index (κ2) is 29.3. The van der Waals surface area contributed by atoms with E-state index >= 15 is 0 Å². The molecule has 6 heteroatoms. The molecule has 0 radical (unpaired) electrons. The van der Waals surface area contributed by atoms with Crippen LogP contribution in [0, 0.1) is 0 Å². The maximum absolute atomic E-state index is 7.41. The lowest BCUT2D eigenvalue weighted by atomic mass is 9.65. The molecule has 124 heavy (non-hydrogen) atoms. The summed E-state index contributed by atoms with van der Waals surface area (Å²) >= 11 is 0. The van der Waals surface area contributed by atoms with Gasteiger partial charge in [-0.1, -0.05) is 370 Å². The highest BCUT2D eigenvalue weighted by Crippen LogP contribution is 2.65. The molecule has 2 aromatic heterocycles. The Hall–Kier alpha value is -16.3. The number of aromatic nitrogens is 4.